The molecule has 0 saturated carbocycles. The van der Waals surface area contributed by atoms with Crippen LogP contribution in [0.25, 0.3) is 0 Å². The first kappa shape index (κ1) is 15.5. The van der Waals surface area contributed by atoms with Crippen molar-refractivity contribution in [1.82, 2.24) is 0 Å². The molecule has 0 aliphatic heterocycles. The summed E-state index contributed by atoms with van der Waals surface area (Å²) in [6.45, 7) is 6.61. The van der Waals surface area contributed by atoms with Gasteiger partial charge in [0, 0.05) is 11.1 Å². The molecule has 0 N–H and O–H groups in total. The maximum Gasteiger partial charge on any atom is 0.193 e. The number of ketones is 1. The predicted molar refractivity (Wildman–Crippen MR) is 89.0 cm³/mol. The van der Waals surface area contributed by atoms with Crippen LogP contribution >= 0.6 is 0 Å². The highest BCUT2D eigenvalue weighted by Gasteiger charge is 2.17. The summed E-state index contributed by atoms with van der Waals surface area (Å²) in [5, 5.41) is 0. The summed E-state index contributed by atoms with van der Waals surface area (Å²) >= 11 is 0. The van der Waals surface area contributed by atoms with E-state index >= 15 is 0 Å². The third-order valence-corrected chi connectivity index (χ3v) is 4.14. The van der Waals surface area contributed by atoms with Gasteiger partial charge in [0.2, 0.25) is 0 Å². The second-order valence-corrected chi connectivity index (χ2v) is 5.63. The lowest BCUT2D eigenvalue weighted by molar-refractivity contribution is 0.103. The molecule has 1 unspecified atom stereocenters. The van der Waals surface area contributed by atoms with Crippen molar-refractivity contribution in [1.29, 1.82) is 0 Å². The lowest BCUT2D eigenvalue weighted by atomic mass is 9.86. The zero-order chi connectivity index (χ0) is 15.2. The minimum Gasteiger partial charge on any atom is -0.289 e. The number of hydrogen-bond donors (Lipinski definition) is 0. The first-order valence-electron chi connectivity index (χ1n) is 7.90. The summed E-state index contributed by atoms with van der Waals surface area (Å²) in [6.07, 6.45) is 3.12. The lowest BCUT2D eigenvalue weighted by Gasteiger charge is -2.18. The van der Waals surface area contributed by atoms with E-state index in [0.29, 0.717) is 5.92 Å². The SMILES string of the molecule is CCCc1c(C(=O)c2ccccc2)cccc1C(C)CC. The van der Waals surface area contributed by atoms with Gasteiger partial charge in [-0.2, -0.15) is 0 Å². The van der Waals surface area contributed by atoms with Crippen molar-refractivity contribution in [3.05, 3.63) is 70.8 Å². The maximum absolute atomic E-state index is 12.8. The van der Waals surface area contributed by atoms with E-state index in [1.54, 1.807) is 0 Å². The van der Waals surface area contributed by atoms with E-state index in [-0.39, 0.29) is 5.78 Å². The second kappa shape index (κ2) is 7.21. The Kier molecular flexibility index (Phi) is 5.32. The monoisotopic (exact) mass is 280 g/mol. The average Bonchev–Trinajstić information content (AvgIpc) is 2.54. The molecule has 0 saturated heterocycles. The van der Waals surface area contributed by atoms with Gasteiger partial charge in [0.25, 0.3) is 0 Å². The Hall–Kier alpha value is -1.89. The Morgan fingerprint density at radius 2 is 1.71 bits per heavy atom. The van der Waals surface area contributed by atoms with E-state index in [2.05, 4.69) is 26.8 Å². The molecule has 21 heavy (non-hydrogen) atoms. The molecule has 0 aliphatic rings. The van der Waals surface area contributed by atoms with Crippen molar-refractivity contribution in [3.8, 4) is 0 Å². The van der Waals surface area contributed by atoms with Crippen LogP contribution in [-0.2, 0) is 6.42 Å². The van der Waals surface area contributed by atoms with Gasteiger partial charge in [-0.3, -0.25) is 4.79 Å². The van der Waals surface area contributed by atoms with Gasteiger partial charge in [-0.05, 0) is 29.9 Å². The zero-order valence-corrected chi connectivity index (χ0v) is 13.2. The Morgan fingerprint density at radius 3 is 2.33 bits per heavy atom. The van der Waals surface area contributed by atoms with E-state index < -0.39 is 0 Å². The molecule has 0 aromatic heterocycles. The summed E-state index contributed by atoms with van der Waals surface area (Å²) < 4.78 is 0. The highest BCUT2D eigenvalue weighted by Crippen LogP contribution is 2.28. The molecule has 0 aliphatic carbocycles. The smallest absolute Gasteiger partial charge is 0.193 e. The Balaban J connectivity index is 2.50. The minimum atomic E-state index is 0.143. The topological polar surface area (TPSA) is 17.1 Å². The number of carbonyl (C=O) groups is 1. The molecule has 1 atom stereocenters. The van der Waals surface area contributed by atoms with Crippen LogP contribution in [0.5, 0.6) is 0 Å². The second-order valence-electron chi connectivity index (χ2n) is 5.63. The van der Waals surface area contributed by atoms with Crippen molar-refractivity contribution >= 4 is 5.78 Å². The predicted octanol–water partition coefficient (Wildman–Crippen LogP) is 5.38. The fraction of sp³-hybridized carbons (Fsp3) is 0.350. The van der Waals surface area contributed by atoms with Crippen molar-refractivity contribution in [2.24, 2.45) is 0 Å². The van der Waals surface area contributed by atoms with Crippen LogP contribution in [0.1, 0.15) is 66.6 Å². The van der Waals surface area contributed by atoms with Gasteiger partial charge in [0.1, 0.15) is 0 Å². The molecule has 0 heterocycles. The molecule has 0 amide bonds. The summed E-state index contributed by atoms with van der Waals surface area (Å²) in [6, 6.07) is 15.8. The van der Waals surface area contributed by atoms with Gasteiger partial charge in [-0.15, -0.1) is 0 Å². The van der Waals surface area contributed by atoms with Gasteiger partial charge < -0.3 is 0 Å². The normalized spacial score (nSPS) is 12.1. The molecule has 2 aromatic rings. The first-order chi connectivity index (χ1) is 10.2. The van der Waals surface area contributed by atoms with Crippen LogP contribution in [0, 0.1) is 0 Å². The van der Waals surface area contributed by atoms with E-state index in [0.717, 1.165) is 30.4 Å². The zero-order valence-electron chi connectivity index (χ0n) is 13.2. The molecule has 0 bridgehead atoms. The van der Waals surface area contributed by atoms with Gasteiger partial charge in [-0.1, -0.05) is 75.7 Å². The number of carbonyl (C=O) groups excluding carboxylic acids is 1. The molecule has 0 spiro atoms. The number of benzene rings is 2. The molecule has 1 heteroatoms. The van der Waals surface area contributed by atoms with Crippen LogP contribution in [0.4, 0.5) is 0 Å². The molecule has 1 nitrogen and oxygen atoms in total. The van der Waals surface area contributed by atoms with Crippen LogP contribution in [0.15, 0.2) is 48.5 Å². The number of rotatable bonds is 6. The molecule has 0 fully saturated rings. The van der Waals surface area contributed by atoms with E-state index in [4.69, 9.17) is 0 Å². The van der Waals surface area contributed by atoms with E-state index in [1.165, 1.54) is 11.1 Å². The molecule has 0 radical (unpaired) electrons. The van der Waals surface area contributed by atoms with Crippen molar-refractivity contribution in [2.75, 3.05) is 0 Å². The molecule has 2 aromatic carbocycles. The summed E-state index contributed by atoms with van der Waals surface area (Å²) in [7, 11) is 0. The number of hydrogen-bond acceptors (Lipinski definition) is 1. The van der Waals surface area contributed by atoms with Crippen molar-refractivity contribution < 1.29 is 4.79 Å². The van der Waals surface area contributed by atoms with Crippen LogP contribution in [-0.4, -0.2) is 5.78 Å². The largest absolute Gasteiger partial charge is 0.289 e. The third-order valence-electron chi connectivity index (χ3n) is 4.14. The van der Waals surface area contributed by atoms with Crippen LogP contribution in [0.2, 0.25) is 0 Å². The molecular weight excluding hydrogens is 256 g/mol. The molecule has 2 rings (SSSR count). The van der Waals surface area contributed by atoms with Gasteiger partial charge in [0.15, 0.2) is 5.78 Å². The quantitative estimate of drug-likeness (QED) is 0.649. The average molecular weight is 280 g/mol. The van der Waals surface area contributed by atoms with Gasteiger partial charge >= 0.3 is 0 Å². The van der Waals surface area contributed by atoms with Crippen LogP contribution < -0.4 is 0 Å². The summed E-state index contributed by atoms with van der Waals surface area (Å²) in [4.78, 5) is 12.8. The Labute approximate surface area is 128 Å². The standard InChI is InChI=1S/C20H24O/c1-4-10-18-17(15(3)5-2)13-9-14-19(18)20(21)16-11-7-6-8-12-16/h6-9,11-15H,4-5,10H2,1-3H3. The summed E-state index contributed by atoms with van der Waals surface area (Å²) in [5.74, 6) is 0.638. The third kappa shape index (κ3) is 3.41. The Morgan fingerprint density at radius 1 is 1.00 bits per heavy atom. The van der Waals surface area contributed by atoms with Crippen molar-refractivity contribution in [3.63, 3.8) is 0 Å². The van der Waals surface area contributed by atoms with E-state index in [1.807, 2.05) is 42.5 Å². The highest BCUT2D eigenvalue weighted by atomic mass is 16.1. The van der Waals surface area contributed by atoms with E-state index in [9.17, 15) is 4.79 Å². The molecular formula is C20H24O. The fourth-order valence-corrected chi connectivity index (χ4v) is 2.77. The fourth-order valence-electron chi connectivity index (χ4n) is 2.77. The highest BCUT2D eigenvalue weighted by molar-refractivity contribution is 6.10. The Bertz CT molecular complexity index is 598. The van der Waals surface area contributed by atoms with Gasteiger partial charge in [0.05, 0.1) is 0 Å². The molecule has 110 valence electrons. The van der Waals surface area contributed by atoms with Crippen molar-refractivity contribution in [2.45, 2.75) is 46.0 Å². The lowest BCUT2D eigenvalue weighted by Crippen LogP contribution is -2.09. The first-order valence-corrected chi connectivity index (χ1v) is 7.90. The van der Waals surface area contributed by atoms with Crippen LogP contribution in [0.3, 0.4) is 0 Å². The minimum absolute atomic E-state index is 0.143. The maximum atomic E-state index is 12.8. The van der Waals surface area contributed by atoms with Gasteiger partial charge in [-0.25, -0.2) is 0 Å². The summed E-state index contributed by atoms with van der Waals surface area (Å²) in [5.41, 5.74) is 4.22.